The maximum atomic E-state index is 12.6. The smallest absolute Gasteiger partial charge is 0.243 e. The third-order valence-electron chi connectivity index (χ3n) is 3.96. The molecule has 1 aromatic rings. The molecule has 1 amide bonds. The van der Waals surface area contributed by atoms with Crippen LogP contribution in [0.3, 0.4) is 0 Å². The fourth-order valence-corrected chi connectivity index (χ4v) is 4.00. The summed E-state index contributed by atoms with van der Waals surface area (Å²) in [5, 5.41) is 2.61. The Morgan fingerprint density at radius 2 is 1.95 bits per heavy atom. The molecule has 1 aromatic carbocycles. The van der Waals surface area contributed by atoms with E-state index in [1.54, 1.807) is 19.2 Å². The number of piperidine rings is 1. The van der Waals surface area contributed by atoms with Crippen molar-refractivity contribution in [1.29, 1.82) is 0 Å². The molecule has 0 saturated carbocycles. The number of amides is 1. The highest BCUT2D eigenvalue weighted by atomic mass is 32.2. The summed E-state index contributed by atoms with van der Waals surface area (Å²) in [5.74, 6) is -0.129. The van der Waals surface area contributed by atoms with Gasteiger partial charge in [0.05, 0.1) is 4.90 Å². The molecule has 1 fully saturated rings. The molecule has 6 nitrogen and oxygen atoms in total. The van der Waals surface area contributed by atoms with Gasteiger partial charge in [-0.15, -0.1) is 0 Å². The van der Waals surface area contributed by atoms with Crippen LogP contribution in [0, 0.1) is 12.8 Å². The Labute approximate surface area is 125 Å². The van der Waals surface area contributed by atoms with Crippen molar-refractivity contribution in [2.45, 2.75) is 24.7 Å². The van der Waals surface area contributed by atoms with Crippen LogP contribution in [0.25, 0.3) is 0 Å². The molecule has 1 heterocycles. The SMILES string of the molecule is CNC(=O)C1CCN(S(=O)(=O)c2ccc(C)c(N)c2)CC1. The van der Waals surface area contributed by atoms with Crippen molar-refractivity contribution in [2.75, 3.05) is 25.9 Å². The first-order valence-corrected chi connectivity index (χ1v) is 8.38. The van der Waals surface area contributed by atoms with E-state index in [4.69, 9.17) is 5.73 Å². The maximum Gasteiger partial charge on any atom is 0.243 e. The minimum atomic E-state index is -3.54. The summed E-state index contributed by atoms with van der Waals surface area (Å²) < 4.78 is 26.6. The number of nitrogens with one attached hydrogen (secondary N) is 1. The zero-order valence-electron chi connectivity index (χ0n) is 12.3. The van der Waals surface area contributed by atoms with Gasteiger partial charge in [-0.3, -0.25) is 4.79 Å². The zero-order valence-corrected chi connectivity index (χ0v) is 13.1. The van der Waals surface area contributed by atoms with E-state index in [1.165, 1.54) is 10.4 Å². The number of benzene rings is 1. The lowest BCUT2D eigenvalue weighted by atomic mass is 9.97. The standard InChI is InChI=1S/C14H21N3O3S/c1-10-3-4-12(9-13(10)15)21(19,20)17-7-5-11(6-8-17)14(18)16-2/h3-4,9,11H,5-8,15H2,1-2H3,(H,16,18). The van der Waals surface area contributed by atoms with Gasteiger partial charge in [0.2, 0.25) is 15.9 Å². The topological polar surface area (TPSA) is 92.5 Å². The molecule has 0 aromatic heterocycles. The van der Waals surface area contributed by atoms with Crippen LogP contribution >= 0.6 is 0 Å². The van der Waals surface area contributed by atoms with Crippen LogP contribution in [0.2, 0.25) is 0 Å². The molecule has 116 valence electrons. The van der Waals surface area contributed by atoms with Crippen molar-refractivity contribution in [1.82, 2.24) is 9.62 Å². The highest BCUT2D eigenvalue weighted by Gasteiger charge is 2.31. The highest BCUT2D eigenvalue weighted by Crippen LogP contribution is 2.25. The Kier molecular flexibility index (Phi) is 4.53. The molecule has 1 aliphatic rings. The van der Waals surface area contributed by atoms with E-state index in [1.807, 2.05) is 6.92 Å². The molecule has 7 heteroatoms. The number of aryl methyl sites for hydroxylation is 1. The molecule has 3 N–H and O–H groups in total. The van der Waals surface area contributed by atoms with Gasteiger partial charge in [0.1, 0.15) is 0 Å². The fourth-order valence-electron chi connectivity index (χ4n) is 2.49. The maximum absolute atomic E-state index is 12.6. The lowest BCUT2D eigenvalue weighted by Crippen LogP contribution is -2.42. The Hall–Kier alpha value is -1.60. The first-order chi connectivity index (χ1) is 9.86. The minimum Gasteiger partial charge on any atom is -0.398 e. The molecule has 0 spiro atoms. The second kappa shape index (κ2) is 6.03. The number of rotatable bonds is 3. The van der Waals surface area contributed by atoms with Gasteiger partial charge >= 0.3 is 0 Å². The van der Waals surface area contributed by atoms with Crippen molar-refractivity contribution in [2.24, 2.45) is 5.92 Å². The number of carbonyl (C=O) groups excluding carboxylic acids is 1. The molecule has 0 atom stereocenters. The molecule has 0 unspecified atom stereocenters. The normalized spacial score (nSPS) is 17.6. The number of hydrogen-bond acceptors (Lipinski definition) is 4. The van der Waals surface area contributed by atoms with Gasteiger partial charge < -0.3 is 11.1 Å². The minimum absolute atomic E-state index is 0.0216. The van der Waals surface area contributed by atoms with Crippen molar-refractivity contribution < 1.29 is 13.2 Å². The van der Waals surface area contributed by atoms with Gasteiger partial charge in [-0.1, -0.05) is 6.07 Å². The van der Waals surface area contributed by atoms with Gasteiger partial charge in [-0.25, -0.2) is 8.42 Å². The molecule has 0 aliphatic carbocycles. The van der Waals surface area contributed by atoms with Crippen molar-refractivity contribution >= 4 is 21.6 Å². The summed E-state index contributed by atoms with van der Waals surface area (Å²) in [6, 6.07) is 4.78. The van der Waals surface area contributed by atoms with Gasteiger partial charge in [0.25, 0.3) is 0 Å². The van der Waals surface area contributed by atoms with E-state index in [2.05, 4.69) is 5.32 Å². The van der Waals surface area contributed by atoms with Crippen LogP contribution in [0.4, 0.5) is 5.69 Å². The zero-order chi connectivity index (χ0) is 15.6. The molecular weight excluding hydrogens is 290 g/mol. The summed E-state index contributed by atoms with van der Waals surface area (Å²) in [5.41, 5.74) is 7.11. The third-order valence-corrected chi connectivity index (χ3v) is 5.85. The summed E-state index contributed by atoms with van der Waals surface area (Å²) in [7, 11) is -1.94. The van der Waals surface area contributed by atoms with E-state index in [9.17, 15) is 13.2 Å². The van der Waals surface area contributed by atoms with E-state index >= 15 is 0 Å². The lowest BCUT2D eigenvalue weighted by molar-refractivity contribution is -0.125. The van der Waals surface area contributed by atoms with Gasteiger partial charge in [-0.05, 0) is 37.5 Å². The summed E-state index contributed by atoms with van der Waals surface area (Å²) in [6.45, 7) is 2.54. The van der Waals surface area contributed by atoms with Crippen LogP contribution in [-0.2, 0) is 14.8 Å². The Morgan fingerprint density at radius 3 is 2.48 bits per heavy atom. The number of anilines is 1. The number of carbonyl (C=O) groups is 1. The average Bonchev–Trinajstić information content (AvgIpc) is 2.49. The van der Waals surface area contributed by atoms with Crippen LogP contribution in [0.1, 0.15) is 18.4 Å². The second-order valence-corrected chi connectivity index (χ2v) is 7.25. The molecular formula is C14H21N3O3S. The van der Waals surface area contributed by atoms with Crippen molar-refractivity contribution in [3.05, 3.63) is 23.8 Å². The summed E-state index contributed by atoms with van der Waals surface area (Å²) in [6.07, 6.45) is 1.08. The first kappa shape index (κ1) is 15.8. The predicted octanol–water partition coefficient (Wildman–Crippen LogP) is 0.724. The van der Waals surface area contributed by atoms with Crippen molar-refractivity contribution in [3.63, 3.8) is 0 Å². The molecule has 0 radical (unpaired) electrons. The molecule has 1 saturated heterocycles. The molecule has 2 rings (SSSR count). The number of sulfonamides is 1. The summed E-state index contributed by atoms with van der Waals surface area (Å²) >= 11 is 0. The monoisotopic (exact) mass is 311 g/mol. The van der Waals surface area contributed by atoms with Crippen LogP contribution in [0.5, 0.6) is 0 Å². The Bertz CT molecular complexity index is 635. The molecule has 0 bridgehead atoms. The fraction of sp³-hybridized carbons (Fsp3) is 0.500. The van der Waals surface area contributed by atoms with Gasteiger partial charge in [-0.2, -0.15) is 4.31 Å². The van der Waals surface area contributed by atoms with Crippen LogP contribution in [-0.4, -0.2) is 38.8 Å². The second-order valence-electron chi connectivity index (χ2n) is 5.31. The highest BCUT2D eigenvalue weighted by molar-refractivity contribution is 7.89. The molecule has 21 heavy (non-hydrogen) atoms. The predicted molar refractivity (Wildman–Crippen MR) is 81.1 cm³/mol. The number of nitrogens with zero attached hydrogens (tertiary/aromatic N) is 1. The lowest BCUT2D eigenvalue weighted by Gasteiger charge is -2.30. The van der Waals surface area contributed by atoms with Crippen LogP contribution in [0.15, 0.2) is 23.1 Å². The Morgan fingerprint density at radius 1 is 1.33 bits per heavy atom. The van der Waals surface area contributed by atoms with Gasteiger partial charge in [0, 0.05) is 31.7 Å². The number of nitrogens with two attached hydrogens (primary N) is 1. The average molecular weight is 311 g/mol. The third kappa shape index (κ3) is 3.19. The summed E-state index contributed by atoms with van der Waals surface area (Å²) in [4.78, 5) is 11.8. The van der Waals surface area contributed by atoms with E-state index in [-0.39, 0.29) is 16.7 Å². The largest absolute Gasteiger partial charge is 0.398 e. The van der Waals surface area contributed by atoms with E-state index < -0.39 is 10.0 Å². The number of nitrogen functional groups attached to an aromatic ring is 1. The van der Waals surface area contributed by atoms with E-state index in [0.717, 1.165) is 5.56 Å². The quantitative estimate of drug-likeness (QED) is 0.805. The van der Waals surface area contributed by atoms with Gasteiger partial charge in [0.15, 0.2) is 0 Å². The first-order valence-electron chi connectivity index (χ1n) is 6.94. The van der Waals surface area contributed by atoms with Crippen LogP contribution < -0.4 is 11.1 Å². The number of hydrogen-bond donors (Lipinski definition) is 2. The van der Waals surface area contributed by atoms with E-state index in [0.29, 0.717) is 31.6 Å². The molecule has 1 aliphatic heterocycles. The van der Waals surface area contributed by atoms with Crippen molar-refractivity contribution in [3.8, 4) is 0 Å². The Balaban J connectivity index is 2.14.